The second-order valence-corrected chi connectivity index (χ2v) is 5.36. The zero-order valence-corrected chi connectivity index (χ0v) is 12.3. The van der Waals surface area contributed by atoms with Crippen LogP contribution in [-0.4, -0.2) is 17.6 Å². The topological polar surface area (TPSA) is 39.2 Å². The first-order valence-electron chi connectivity index (χ1n) is 5.96. The van der Waals surface area contributed by atoms with Crippen molar-refractivity contribution >= 4 is 28.9 Å². The van der Waals surface area contributed by atoms with Crippen LogP contribution in [0.2, 0.25) is 5.02 Å². The second kappa shape index (κ2) is 6.17. The number of aromatic nitrogens is 1. The number of ether oxygens (including phenoxy) is 1. The molecule has 0 radical (unpaired) electrons. The van der Waals surface area contributed by atoms with E-state index in [4.69, 9.17) is 16.3 Å². The number of halogens is 1. The molecule has 0 N–H and O–H groups in total. The number of aryl methyl sites for hydroxylation is 1. The summed E-state index contributed by atoms with van der Waals surface area (Å²) in [5, 5.41) is 3.46. The van der Waals surface area contributed by atoms with Gasteiger partial charge in [0.2, 0.25) is 0 Å². The Kier molecular flexibility index (Phi) is 4.56. The molecule has 100 valence electrons. The number of benzene rings is 1. The van der Waals surface area contributed by atoms with Crippen molar-refractivity contribution in [2.75, 3.05) is 6.61 Å². The average Bonchev–Trinajstić information content (AvgIpc) is 2.81. The number of nitrogens with zero attached hydrogens (tertiary/aromatic N) is 1. The molecule has 0 saturated heterocycles. The van der Waals surface area contributed by atoms with Crippen LogP contribution >= 0.6 is 22.9 Å². The van der Waals surface area contributed by atoms with Crippen molar-refractivity contribution in [1.29, 1.82) is 0 Å². The standard InChI is InChI=1S/C14H14ClNO2S/c1-3-18-13(17)7-11-8-19-14(16-11)10-5-4-9(2)12(15)6-10/h4-6,8H,3,7H2,1-2H3. The summed E-state index contributed by atoms with van der Waals surface area (Å²) < 4.78 is 4.90. The first-order valence-corrected chi connectivity index (χ1v) is 7.22. The van der Waals surface area contributed by atoms with Gasteiger partial charge in [-0.15, -0.1) is 11.3 Å². The molecule has 0 aliphatic heterocycles. The Morgan fingerprint density at radius 1 is 1.47 bits per heavy atom. The molecule has 0 unspecified atom stereocenters. The van der Waals surface area contributed by atoms with Gasteiger partial charge in [0, 0.05) is 16.0 Å². The summed E-state index contributed by atoms with van der Waals surface area (Å²) in [5.74, 6) is -0.249. The van der Waals surface area contributed by atoms with Gasteiger partial charge in [-0.25, -0.2) is 4.98 Å². The summed E-state index contributed by atoms with van der Waals surface area (Å²) in [7, 11) is 0. The maximum Gasteiger partial charge on any atom is 0.311 e. The zero-order chi connectivity index (χ0) is 13.8. The number of rotatable bonds is 4. The maximum absolute atomic E-state index is 11.4. The van der Waals surface area contributed by atoms with Crippen molar-refractivity contribution in [3.63, 3.8) is 0 Å². The molecule has 5 heteroatoms. The van der Waals surface area contributed by atoms with Crippen LogP contribution in [0.15, 0.2) is 23.6 Å². The molecule has 0 spiro atoms. The number of hydrogen-bond acceptors (Lipinski definition) is 4. The lowest BCUT2D eigenvalue weighted by Gasteiger charge is -2.01. The van der Waals surface area contributed by atoms with Crippen LogP contribution in [0, 0.1) is 6.92 Å². The Morgan fingerprint density at radius 2 is 2.26 bits per heavy atom. The van der Waals surface area contributed by atoms with Crippen molar-refractivity contribution in [1.82, 2.24) is 4.98 Å². The summed E-state index contributed by atoms with van der Waals surface area (Å²) in [6.07, 6.45) is 0.212. The minimum absolute atomic E-state index is 0.212. The Balaban J connectivity index is 2.16. The molecule has 3 nitrogen and oxygen atoms in total. The van der Waals surface area contributed by atoms with Crippen LogP contribution in [0.3, 0.4) is 0 Å². The molecule has 1 aromatic heterocycles. The zero-order valence-electron chi connectivity index (χ0n) is 10.8. The molecule has 1 heterocycles. The Labute approximate surface area is 121 Å². The number of thiazole rings is 1. The third-order valence-electron chi connectivity index (χ3n) is 2.60. The summed E-state index contributed by atoms with van der Waals surface area (Å²) in [4.78, 5) is 15.8. The van der Waals surface area contributed by atoms with E-state index in [1.54, 1.807) is 6.92 Å². The molecule has 0 aliphatic rings. The molecule has 2 rings (SSSR count). The predicted molar refractivity (Wildman–Crippen MR) is 77.6 cm³/mol. The van der Waals surface area contributed by atoms with Gasteiger partial charge in [0.25, 0.3) is 0 Å². The Morgan fingerprint density at radius 3 is 2.95 bits per heavy atom. The van der Waals surface area contributed by atoms with E-state index >= 15 is 0 Å². The summed E-state index contributed by atoms with van der Waals surface area (Å²) in [5.41, 5.74) is 2.74. The Bertz CT molecular complexity index is 595. The van der Waals surface area contributed by atoms with Gasteiger partial charge >= 0.3 is 5.97 Å². The van der Waals surface area contributed by atoms with E-state index in [0.717, 1.165) is 26.9 Å². The predicted octanol–water partition coefficient (Wildman–Crippen LogP) is 3.88. The summed E-state index contributed by atoms with van der Waals surface area (Å²) in [6.45, 7) is 4.14. The monoisotopic (exact) mass is 295 g/mol. The van der Waals surface area contributed by atoms with Crippen LogP contribution < -0.4 is 0 Å². The first-order chi connectivity index (χ1) is 9.10. The average molecular weight is 296 g/mol. The van der Waals surface area contributed by atoms with Crippen LogP contribution in [0.5, 0.6) is 0 Å². The van der Waals surface area contributed by atoms with Gasteiger partial charge in [-0.1, -0.05) is 23.7 Å². The van der Waals surface area contributed by atoms with E-state index in [9.17, 15) is 4.79 Å². The van der Waals surface area contributed by atoms with E-state index in [-0.39, 0.29) is 12.4 Å². The highest BCUT2D eigenvalue weighted by Crippen LogP contribution is 2.28. The molecular weight excluding hydrogens is 282 g/mol. The number of carbonyl (C=O) groups excluding carboxylic acids is 1. The molecule has 19 heavy (non-hydrogen) atoms. The molecule has 0 bridgehead atoms. The molecule has 0 aliphatic carbocycles. The summed E-state index contributed by atoms with van der Waals surface area (Å²) in [6, 6.07) is 5.84. The lowest BCUT2D eigenvalue weighted by Crippen LogP contribution is -2.07. The number of esters is 1. The molecule has 0 amide bonds. The van der Waals surface area contributed by atoms with E-state index < -0.39 is 0 Å². The molecule has 1 aromatic carbocycles. The summed E-state index contributed by atoms with van der Waals surface area (Å²) >= 11 is 7.60. The second-order valence-electron chi connectivity index (χ2n) is 4.09. The van der Waals surface area contributed by atoms with Gasteiger partial charge in [0.1, 0.15) is 5.01 Å². The smallest absolute Gasteiger partial charge is 0.311 e. The van der Waals surface area contributed by atoms with Crippen molar-refractivity contribution in [2.24, 2.45) is 0 Å². The highest BCUT2D eigenvalue weighted by atomic mass is 35.5. The van der Waals surface area contributed by atoms with Crippen LogP contribution in [0.25, 0.3) is 10.6 Å². The normalized spacial score (nSPS) is 10.5. The van der Waals surface area contributed by atoms with Crippen molar-refractivity contribution in [3.05, 3.63) is 39.9 Å². The first kappa shape index (κ1) is 14.0. The number of hydrogen-bond donors (Lipinski definition) is 0. The van der Waals surface area contributed by atoms with Gasteiger partial charge < -0.3 is 4.74 Å². The van der Waals surface area contributed by atoms with Crippen LogP contribution in [0.4, 0.5) is 0 Å². The van der Waals surface area contributed by atoms with E-state index in [0.29, 0.717) is 6.61 Å². The highest BCUT2D eigenvalue weighted by molar-refractivity contribution is 7.13. The van der Waals surface area contributed by atoms with Crippen LogP contribution in [-0.2, 0) is 16.0 Å². The highest BCUT2D eigenvalue weighted by Gasteiger charge is 2.10. The lowest BCUT2D eigenvalue weighted by molar-refractivity contribution is -0.142. The third-order valence-corrected chi connectivity index (χ3v) is 3.95. The lowest BCUT2D eigenvalue weighted by atomic mass is 10.1. The molecule has 0 fully saturated rings. The molecule has 0 saturated carbocycles. The van der Waals surface area contributed by atoms with Crippen LogP contribution in [0.1, 0.15) is 18.2 Å². The molecule has 0 atom stereocenters. The van der Waals surface area contributed by atoms with Gasteiger partial charge in [-0.2, -0.15) is 0 Å². The van der Waals surface area contributed by atoms with E-state index in [2.05, 4.69) is 4.98 Å². The van der Waals surface area contributed by atoms with Gasteiger partial charge in [0.15, 0.2) is 0 Å². The maximum atomic E-state index is 11.4. The number of carbonyl (C=O) groups is 1. The fourth-order valence-corrected chi connectivity index (χ4v) is 2.60. The van der Waals surface area contributed by atoms with Crippen molar-refractivity contribution < 1.29 is 9.53 Å². The Hall–Kier alpha value is -1.39. The quantitative estimate of drug-likeness (QED) is 0.804. The minimum Gasteiger partial charge on any atom is -0.466 e. The van der Waals surface area contributed by atoms with Gasteiger partial charge in [-0.05, 0) is 25.5 Å². The fourth-order valence-electron chi connectivity index (χ4n) is 1.61. The minimum atomic E-state index is -0.249. The largest absolute Gasteiger partial charge is 0.466 e. The van der Waals surface area contributed by atoms with Gasteiger partial charge in [-0.3, -0.25) is 4.79 Å². The van der Waals surface area contributed by atoms with E-state index in [1.807, 2.05) is 30.5 Å². The molecular formula is C14H14ClNO2S. The van der Waals surface area contributed by atoms with Gasteiger partial charge in [0.05, 0.1) is 18.7 Å². The molecule has 2 aromatic rings. The van der Waals surface area contributed by atoms with Crippen molar-refractivity contribution in [2.45, 2.75) is 20.3 Å². The van der Waals surface area contributed by atoms with E-state index in [1.165, 1.54) is 11.3 Å². The fraction of sp³-hybridized carbons (Fsp3) is 0.286. The SMILES string of the molecule is CCOC(=O)Cc1csc(-c2ccc(C)c(Cl)c2)n1. The third kappa shape index (κ3) is 3.55. The van der Waals surface area contributed by atoms with Crippen molar-refractivity contribution in [3.8, 4) is 10.6 Å².